The molecule has 0 bridgehead atoms. The number of hydrogen-bond donors (Lipinski definition) is 2. The Balaban J connectivity index is 2.05. The molecule has 0 spiro atoms. The van der Waals surface area contributed by atoms with Gasteiger partial charge >= 0.3 is 0 Å². The number of aromatic nitrogens is 1. The minimum atomic E-state index is -0.354. The number of rotatable bonds is 2. The van der Waals surface area contributed by atoms with E-state index in [1.54, 1.807) is 30.6 Å². The number of hydrogen-bond acceptors (Lipinski definition) is 3. The molecular formula is C16H12N2O2. The summed E-state index contributed by atoms with van der Waals surface area (Å²) in [6.45, 7) is 0. The molecular weight excluding hydrogens is 252 g/mol. The average Bonchev–Trinajstić information content (AvgIpc) is 2.48. The first-order valence-corrected chi connectivity index (χ1v) is 6.18. The minimum absolute atomic E-state index is 0.0370. The van der Waals surface area contributed by atoms with E-state index in [0.29, 0.717) is 11.1 Å². The molecule has 4 heteroatoms. The Kier molecular flexibility index (Phi) is 3.05. The summed E-state index contributed by atoms with van der Waals surface area (Å²) in [4.78, 5) is 16.3. The molecule has 0 aliphatic heterocycles. The lowest BCUT2D eigenvalue weighted by atomic mass is 10.0. The van der Waals surface area contributed by atoms with Gasteiger partial charge in [-0.05, 0) is 29.0 Å². The van der Waals surface area contributed by atoms with E-state index in [1.807, 2.05) is 24.3 Å². The van der Waals surface area contributed by atoms with Gasteiger partial charge < -0.3 is 10.4 Å². The maximum absolute atomic E-state index is 12.4. The van der Waals surface area contributed by atoms with Crippen molar-refractivity contribution in [3.8, 4) is 5.75 Å². The highest BCUT2D eigenvalue weighted by Crippen LogP contribution is 2.27. The zero-order chi connectivity index (χ0) is 13.9. The number of phenols is 1. The van der Waals surface area contributed by atoms with Gasteiger partial charge in [-0.1, -0.05) is 30.3 Å². The van der Waals surface area contributed by atoms with Gasteiger partial charge in [0.15, 0.2) is 0 Å². The zero-order valence-electron chi connectivity index (χ0n) is 10.6. The molecule has 1 heterocycles. The summed E-state index contributed by atoms with van der Waals surface area (Å²) in [5.74, 6) is -0.391. The van der Waals surface area contributed by atoms with Gasteiger partial charge in [0.2, 0.25) is 0 Å². The lowest BCUT2D eigenvalue weighted by Crippen LogP contribution is -2.12. The van der Waals surface area contributed by atoms with Crippen LogP contribution in [0.2, 0.25) is 0 Å². The third-order valence-electron chi connectivity index (χ3n) is 3.05. The molecule has 0 aliphatic rings. The van der Waals surface area contributed by atoms with Crippen molar-refractivity contribution >= 4 is 22.4 Å². The number of nitrogens with one attached hydrogen (secondary N) is 1. The van der Waals surface area contributed by atoms with E-state index in [1.165, 1.54) is 6.07 Å². The minimum Gasteiger partial charge on any atom is -0.507 e. The van der Waals surface area contributed by atoms with Crippen LogP contribution in [0.1, 0.15) is 10.4 Å². The van der Waals surface area contributed by atoms with Crippen LogP contribution in [0.4, 0.5) is 5.69 Å². The number of nitrogens with zero attached hydrogens (tertiary/aromatic N) is 1. The quantitative estimate of drug-likeness (QED) is 0.747. The van der Waals surface area contributed by atoms with Crippen molar-refractivity contribution in [3.63, 3.8) is 0 Å². The largest absolute Gasteiger partial charge is 0.507 e. The molecule has 0 unspecified atom stereocenters. The molecule has 3 rings (SSSR count). The van der Waals surface area contributed by atoms with Crippen LogP contribution in [-0.2, 0) is 0 Å². The number of carbonyl (C=O) groups excluding carboxylic acids is 1. The number of aromatic hydroxyl groups is 1. The first-order chi connectivity index (χ1) is 9.75. The average molecular weight is 264 g/mol. The number of anilines is 1. The maximum atomic E-state index is 12.4. The van der Waals surface area contributed by atoms with Crippen LogP contribution in [0.5, 0.6) is 5.75 Å². The highest BCUT2D eigenvalue weighted by atomic mass is 16.3. The second kappa shape index (κ2) is 5.01. The van der Waals surface area contributed by atoms with Crippen LogP contribution in [0.3, 0.4) is 0 Å². The van der Waals surface area contributed by atoms with Gasteiger partial charge in [0.05, 0.1) is 17.4 Å². The molecule has 2 aromatic carbocycles. The van der Waals surface area contributed by atoms with E-state index >= 15 is 0 Å². The monoisotopic (exact) mass is 264 g/mol. The van der Waals surface area contributed by atoms with E-state index in [2.05, 4.69) is 10.3 Å². The summed E-state index contributed by atoms with van der Waals surface area (Å²) >= 11 is 0. The number of fused-ring (bicyclic) bond motifs is 1. The fraction of sp³-hybridized carbons (Fsp3) is 0. The van der Waals surface area contributed by atoms with Crippen LogP contribution >= 0.6 is 0 Å². The van der Waals surface area contributed by atoms with Crippen LogP contribution in [-0.4, -0.2) is 16.0 Å². The Labute approximate surface area is 115 Å². The van der Waals surface area contributed by atoms with Crippen LogP contribution < -0.4 is 5.32 Å². The standard InChI is InChI=1S/C16H12N2O2/c19-14-8-7-11-4-1-2-6-13(11)15(14)16(20)18-12-5-3-9-17-10-12/h1-10,19H,(H,18,20). The summed E-state index contributed by atoms with van der Waals surface area (Å²) < 4.78 is 0. The van der Waals surface area contributed by atoms with E-state index in [4.69, 9.17) is 0 Å². The Morgan fingerprint density at radius 3 is 2.70 bits per heavy atom. The van der Waals surface area contributed by atoms with E-state index in [0.717, 1.165) is 5.39 Å². The predicted molar refractivity (Wildman–Crippen MR) is 77.8 cm³/mol. The molecule has 4 nitrogen and oxygen atoms in total. The second-order valence-corrected chi connectivity index (χ2v) is 4.38. The van der Waals surface area contributed by atoms with Crippen LogP contribution in [0.25, 0.3) is 10.8 Å². The number of amides is 1. The van der Waals surface area contributed by atoms with Crippen molar-refractivity contribution in [3.05, 3.63) is 66.5 Å². The predicted octanol–water partition coefficient (Wildman–Crippen LogP) is 3.19. The Bertz CT molecular complexity index is 770. The third-order valence-corrected chi connectivity index (χ3v) is 3.05. The van der Waals surface area contributed by atoms with Gasteiger partial charge in [-0.25, -0.2) is 0 Å². The van der Waals surface area contributed by atoms with Gasteiger partial charge in [0.1, 0.15) is 5.75 Å². The molecule has 1 aromatic heterocycles. The molecule has 0 atom stereocenters. The summed E-state index contributed by atoms with van der Waals surface area (Å²) in [6, 6.07) is 14.2. The Morgan fingerprint density at radius 1 is 1.05 bits per heavy atom. The third kappa shape index (κ3) is 2.19. The van der Waals surface area contributed by atoms with Crippen molar-refractivity contribution < 1.29 is 9.90 Å². The van der Waals surface area contributed by atoms with Gasteiger partial charge in [0.25, 0.3) is 5.91 Å². The molecule has 98 valence electrons. The molecule has 0 aliphatic carbocycles. The molecule has 0 saturated carbocycles. The van der Waals surface area contributed by atoms with Crippen molar-refractivity contribution in [2.75, 3.05) is 5.32 Å². The zero-order valence-corrected chi connectivity index (χ0v) is 10.6. The second-order valence-electron chi connectivity index (χ2n) is 4.38. The van der Waals surface area contributed by atoms with Crippen LogP contribution in [0, 0.1) is 0 Å². The van der Waals surface area contributed by atoms with Gasteiger partial charge in [-0.3, -0.25) is 9.78 Å². The molecule has 0 saturated heterocycles. The van der Waals surface area contributed by atoms with Gasteiger partial charge in [0, 0.05) is 6.20 Å². The van der Waals surface area contributed by atoms with Gasteiger partial charge in [-0.15, -0.1) is 0 Å². The summed E-state index contributed by atoms with van der Waals surface area (Å²) in [7, 11) is 0. The highest BCUT2D eigenvalue weighted by Gasteiger charge is 2.15. The van der Waals surface area contributed by atoms with E-state index in [9.17, 15) is 9.90 Å². The topological polar surface area (TPSA) is 62.2 Å². The lowest BCUT2D eigenvalue weighted by Gasteiger charge is -2.09. The smallest absolute Gasteiger partial charge is 0.260 e. The fourth-order valence-electron chi connectivity index (χ4n) is 2.13. The summed E-state index contributed by atoms with van der Waals surface area (Å²) in [5.41, 5.74) is 0.858. The Morgan fingerprint density at radius 2 is 1.90 bits per heavy atom. The number of pyridine rings is 1. The van der Waals surface area contributed by atoms with Gasteiger partial charge in [-0.2, -0.15) is 0 Å². The molecule has 0 fully saturated rings. The number of phenolic OH excluding ortho intramolecular Hbond substituents is 1. The van der Waals surface area contributed by atoms with E-state index in [-0.39, 0.29) is 17.2 Å². The first kappa shape index (κ1) is 12.2. The first-order valence-electron chi connectivity index (χ1n) is 6.18. The number of benzene rings is 2. The van der Waals surface area contributed by atoms with Crippen molar-refractivity contribution in [2.24, 2.45) is 0 Å². The van der Waals surface area contributed by atoms with E-state index < -0.39 is 0 Å². The van der Waals surface area contributed by atoms with Crippen molar-refractivity contribution in [1.29, 1.82) is 0 Å². The molecule has 3 aromatic rings. The molecule has 0 radical (unpaired) electrons. The highest BCUT2D eigenvalue weighted by molar-refractivity contribution is 6.14. The SMILES string of the molecule is O=C(Nc1cccnc1)c1c(O)ccc2ccccc12. The molecule has 20 heavy (non-hydrogen) atoms. The maximum Gasteiger partial charge on any atom is 0.260 e. The summed E-state index contributed by atoms with van der Waals surface area (Å²) in [6.07, 6.45) is 3.19. The Hall–Kier alpha value is -2.88. The fourth-order valence-corrected chi connectivity index (χ4v) is 2.13. The lowest BCUT2D eigenvalue weighted by molar-refractivity contribution is 0.102. The van der Waals surface area contributed by atoms with Crippen molar-refractivity contribution in [1.82, 2.24) is 4.98 Å². The number of carbonyl (C=O) groups is 1. The summed E-state index contributed by atoms with van der Waals surface area (Å²) in [5, 5.41) is 14.3. The van der Waals surface area contributed by atoms with Crippen LogP contribution in [0.15, 0.2) is 60.9 Å². The molecule has 2 N–H and O–H groups in total. The van der Waals surface area contributed by atoms with Crippen molar-refractivity contribution in [2.45, 2.75) is 0 Å². The molecule has 1 amide bonds. The normalized spacial score (nSPS) is 10.4.